The molecule has 2 N–H and O–H groups in total. The Kier molecular flexibility index (Phi) is 4.42. The van der Waals surface area contributed by atoms with Gasteiger partial charge in [-0.05, 0) is 18.8 Å². The van der Waals surface area contributed by atoms with E-state index < -0.39 is 15.5 Å². The molecule has 1 saturated carbocycles. The van der Waals surface area contributed by atoms with Crippen LogP contribution in [0.1, 0.15) is 39.0 Å². The van der Waals surface area contributed by atoms with Crippen molar-refractivity contribution < 1.29 is 8.42 Å². The molecular weight excluding hydrogens is 264 g/mol. The third-order valence-corrected chi connectivity index (χ3v) is 5.33. The van der Waals surface area contributed by atoms with Crippen molar-refractivity contribution in [2.45, 2.75) is 50.0 Å². The molecule has 2 unspecified atom stereocenters. The zero-order valence-electron chi connectivity index (χ0n) is 11.1. The number of nitrogens with one attached hydrogen (secondary N) is 2. The van der Waals surface area contributed by atoms with Crippen LogP contribution in [0.4, 0.5) is 0 Å². The molecule has 6 heteroatoms. The van der Waals surface area contributed by atoms with E-state index in [9.17, 15) is 13.2 Å². The quantitative estimate of drug-likeness (QED) is 0.882. The lowest BCUT2D eigenvalue weighted by molar-refractivity contribution is 0.282. The fraction of sp³-hybridized carbons (Fsp3) is 0.615. The van der Waals surface area contributed by atoms with Crippen molar-refractivity contribution in [1.29, 1.82) is 0 Å². The number of aromatic amines is 1. The lowest BCUT2D eigenvalue weighted by Crippen LogP contribution is -2.43. The summed E-state index contributed by atoms with van der Waals surface area (Å²) in [6.07, 6.45) is 7.72. The van der Waals surface area contributed by atoms with E-state index in [0.29, 0.717) is 5.92 Å². The van der Waals surface area contributed by atoms with Gasteiger partial charge >= 0.3 is 0 Å². The van der Waals surface area contributed by atoms with Crippen LogP contribution in [0.3, 0.4) is 0 Å². The Labute approximate surface area is 113 Å². The summed E-state index contributed by atoms with van der Waals surface area (Å²) in [5, 5.41) is 0. The molecule has 1 aromatic heterocycles. The highest BCUT2D eigenvalue weighted by atomic mass is 32.2. The molecule has 1 heterocycles. The first kappa shape index (κ1) is 14.3. The Morgan fingerprint density at radius 2 is 2.11 bits per heavy atom. The Bertz CT molecular complexity index is 580. The van der Waals surface area contributed by atoms with E-state index in [2.05, 4.69) is 16.6 Å². The molecule has 0 aromatic carbocycles. The Balaban J connectivity index is 2.22. The third kappa shape index (κ3) is 3.25. The minimum Gasteiger partial charge on any atom is -0.366 e. The summed E-state index contributed by atoms with van der Waals surface area (Å²) in [4.78, 5) is 14.1. The van der Waals surface area contributed by atoms with Crippen LogP contribution in [0, 0.1) is 5.92 Å². The van der Waals surface area contributed by atoms with Gasteiger partial charge in [-0.25, -0.2) is 13.1 Å². The summed E-state index contributed by atoms with van der Waals surface area (Å²) in [5.74, 6) is 0.367. The van der Waals surface area contributed by atoms with E-state index >= 15 is 0 Å². The molecule has 0 aliphatic heterocycles. The maximum absolute atomic E-state index is 12.3. The summed E-state index contributed by atoms with van der Waals surface area (Å²) in [6.45, 7) is 2.08. The molecule has 1 fully saturated rings. The molecule has 0 saturated heterocycles. The zero-order valence-corrected chi connectivity index (χ0v) is 11.9. The highest BCUT2D eigenvalue weighted by molar-refractivity contribution is 7.89. The van der Waals surface area contributed by atoms with E-state index in [1.807, 2.05) is 0 Å². The first-order valence-electron chi connectivity index (χ1n) is 6.74. The van der Waals surface area contributed by atoms with E-state index in [1.54, 1.807) is 0 Å². The molecule has 1 aromatic rings. The van der Waals surface area contributed by atoms with Crippen LogP contribution in [-0.2, 0) is 10.0 Å². The maximum Gasteiger partial charge on any atom is 0.246 e. The molecule has 0 spiro atoms. The molecule has 0 radical (unpaired) electrons. The molecular formula is C13H20N2O3S. The Hall–Kier alpha value is -1.14. The highest BCUT2D eigenvalue weighted by Gasteiger charge is 2.29. The van der Waals surface area contributed by atoms with E-state index in [0.717, 1.165) is 32.1 Å². The van der Waals surface area contributed by atoms with Crippen molar-refractivity contribution in [1.82, 2.24) is 9.71 Å². The van der Waals surface area contributed by atoms with Crippen molar-refractivity contribution in [3.8, 4) is 0 Å². The van der Waals surface area contributed by atoms with Crippen molar-refractivity contribution in [2.75, 3.05) is 0 Å². The Morgan fingerprint density at radius 3 is 2.79 bits per heavy atom. The van der Waals surface area contributed by atoms with Crippen LogP contribution < -0.4 is 10.2 Å². The number of H-pyrrole nitrogens is 1. The van der Waals surface area contributed by atoms with Gasteiger partial charge in [0.1, 0.15) is 4.90 Å². The number of sulfonamides is 1. The molecule has 5 nitrogen and oxygen atoms in total. The summed E-state index contributed by atoms with van der Waals surface area (Å²) in [7, 11) is -3.73. The summed E-state index contributed by atoms with van der Waals surface area (Å²) in [6, 6.07) is 1.18. The van der Waals surface area contributed by atoms with E-state index in [-0.39, 0.29) is 10.9 Å². The zero-order chi connectivity index (χ0) is 13.9. The standard InChI is InChI=1S/C13H20N2O3S/c1-2-10-5-3-4-6-11(10)15-19(17,18)13-9-14-8-7-12(13)16/h7-11,15H,2-6H2,1H3,(H,14,16). The average Bonchev–Trinajstić information content (AvgIpc) is 2.39. The number of hydrogen-bond donors (Lipinski definition) is 2. The first-order valence-corrected chi connectivity index (χ1v) is 8.22. The molecule has 0 bridgehead atoms. The average molecular weight is 284 g/mol. The molecule has 1 aliphatic carbocycles. The van der Waals surface area contributed by atoms with Gasteiger partial charge in [0.2, 0.25) is 15.5 Å². The van der Waals surface area contributed by atoms with Crippen LogP contribution in [0.15, 0.2) is 28.2 Å². The van der Waals surface area contributed by atoms with Gasteiger partial charge in [0.15, 0.2) is 0 Å². The number of rotatable bonds is 4. The van der Waals surface area contributed by atoms with E-state index in [4.69, 9.17) is 0 Å². The molecule has 2 atom stereocenters. The van der Waals surface area contributed by atoms with E-state index in [1.165, 1.54) is 18.5 Å². The van der Waals surface area contributed by atoms with Gasteiger partial charge < -0.3 is 4.98 Å². The lowest BCUT2D eigenvalue weighted by Gasteiger charge is -2.31. The minimum absolute atomic E-state index is 0.0524. The highest BCUT2D eigenvalue weighted by Crippen LogP contribution is 2.27. The molecule has 106 valence electrons. The summed E-state index contributed by atoms with van der Waals surface area (Å²) < 4.78 is 27.2. The lowest BCUT2D eigenvalue weighted by atomic mass is 9.83. The van der Waals surface area contributed by atoms with Crippen molar-refractivity contribution in [3.05, 3.63) is 28.7 Å². The molecule has 1 aliphatic rings. The van der Waals surface area contributed by atoms with Crippen LogP contribution in [0.25, 0.3) is 0 Å². The van der Waals surface area contributed by atoms with Crippen molar-refractivity contribution >= 4 is 10.0 Å². The fourth-order valence-electron chi connectivity index (χ4n) is 2.73. The fourth-order valence-corrected chi connectivity index (χ4v) is 4.12. The second kappa shape index (κ2) is 5.88. The Morgan fingerprint density at radius 1 is 1.37 bits per heavy atom. The van der Waals surface area contributed by atoms with Gasteiger partial charge in [0, 0.05) is 24.5 Å². The van der Waals surface area contributed by atoms with Crippen LogP contribution in [0.5, 0.6) is 0 Å². The van der Waals surface area contributed by atoms with Gasteiger partial charge in [0.05, 0.1) is 0 Å². The smallest absolute Gasteiger partial charge is 0.246 e. The van der Waals surface area contributed by atoms with Crippen LogP contribution in [0.2, 0.25) is 0 Å². The maximum atomic E-state index is 12.3. The van der Waals surface area contributed by atoms with Gasteiger partial charge in [-0.3, -0.25) is 4.79 Å². The van der Waals surface area contributed by atoms with Crippen molar-refractivity contribution in [3.63, 3.8) is 0 Å². The minimum atomic E-state index is -3.73. The molecule has 2 rings (SSSR count). The largest absolute Gasteiger partial charge is 0.366 e. The normalized spacial score (nSPS) is 24.3. The van der Waals surface area contributed by atoms with Crippen LogP contribution in [-0.4, -0.2) is 19.4 Å². The van der Waals surface area contributed by atoms with Gasteiger partial charge in [-0.2, -0.15) is 0 Å². The second-order valence-electron chi connectivity index (χ2n) is 5.05. The summed E-state index contributed by atoms with van der Waals surface area (Å²) >= 11 is 0. The SMILES string of the molecule is CCC1CCCCC1NS(=O)(=O)c1c[nH]ccc1=O. The predicted molar refractivity (Wildman–Crippen MR) is 73.4 cm³/mol. The number of pyridine rings is 1. The van der Waals surface area contributed by atoms with Crippen molar-refractivity contribution in [2.24, 2.45) is 5.92 Å². The number of aromatic nitrogens is 1. The summed E-state index contributed by atoms with van der Waals surface area (Å²) in [5.41, 5.74) is -0.477. The van der Waals surface area contributed by atoms with Crippen LogP contribution >= 0.6 is 0 Å². The molecule has 19 heavy (non-hydrogen) atoms. The molecule has 0 amide bonds. The van der Waals surface area contributed by atoms with Gasteiger partial charge in [-0.15, -0.1) is 0 Å². The monoisotopic (exact) mass is 284 g/mol. The topological polar surface area (TPSA) is 79.0 Å². The van der Waals surface area contributed by atoms with Gasteiger partial charge in [-0.1, -0.05) is 26.2 Å². The van der Waals surface area contributed by atoms with Gasteiger partial charge in [0.25, 0.3) is 0 Å². The third-order valence-electron chi connectivity index (χ3n) is 3.82. The number of hydrogen-bond acceptors (Lipinski definition) is 3. The predicted octanol–water partition coefficient (Wildman–Crippen LogP) is 1.62. The first-order chi connectivity index (χ1) is 9.04. The second-order valence-corrected chi connectivity index (χ2v) is 6.74.